The van der Waals surface area contributed by atoms with Crippen molar-refractivity contribution in [3.63, 3.8) is 0 Å². The van der Waals surface area contributed by atoms with Gasteiger partial charge in [0.2, 0.25) is 11.8 Å². The van der Waals surface area contributed by atoms with Gasteiger partial charge in [0.25, 0.3) is 0 Å². The van der Waals surface area contributed by atoms with Crippen molar-refractivity contribution in [3.05, 3.63) is 106 Å². The van der Waals surface area contributed by atoms with Crippen LogP contribution in [-0.4, -0.2) is 156 Å². The number of nitrogens with zero attached hydrogens (tertiary/aromatic N) is 6. The topological polar surface area (TPSA) is 118 Å². The smallest absolute Gasteiger partial charge is 0.410 e. The first kappa shape index (κ1) is 64.4. The fraction of sp³-hybridized carbons (Fsp3) is 0.722. The molecule has 5 heterocycles. The van der Waals surface area contributed by atoms with Gasteiger partial charge < -0.3 is 39.3 Å². The van der Waals surface area contributed by atoms with E-state index in [1.165, 1.54) is 171 Å². The van der Waals surface area contributed by atoms with Gasteiger partial charge in [-0.15, -0.1) is 0 Å². The van der Waals surface area contributed by atoms with Crippen LogP contribution in [0.15, 0.2) is 72.8 Å². The maximum absolute atomic E-state index is 12.9. The molecule has 14 aliphatic rings. The summed E-state index contributed by atoms with van der Waals surface area (Å²) in [5.74, 6) is 4.76. The van der Waals surface area contributed by atoms with Crippen molar-refractivity contribution in [1.82, 2.24) is 34.7 Å². The number of carbonyl (C=O) groups excluding carboxylic acids is 4. The van der Waals surface area contributed by atoms with E-state index in [-0.39, 0.29) is 65.9 Å². The van der Waals surface area contributed by atoms with Gasteiger partial charge in [0.1, 0.15) is 6.10 Å². The SMILES string of the molecule is CC(C)C(=O)N(C)[C@H]1CC2(CCN(C[C@H]3CC4CCC3CC4)CC2)c2ccccc21.CCOC(=O)N1CCC(CN2CCC3(CC2)C[C@H](NC(C)=O)c2ccccc23)CC1.O=C(OC1CCCC1)N1C2CCC3CC(N4CCC5(CCc6ccccc65)CC4)CCC321.[HH]. The molecular weight excluding hydrogens is 1140 g/mol. The number of hydrogen-bond acceptors (Lipinski definition) is 9. The summed E-state index contributed by atoms with van der Waals surface area (Å²) in [6.07, 6.45) is 32.8. The molecule has 0 aromatic heterocycles. The van der Waals surface area contributed by atoms with Crippen LogP contribution < -0.4 is 5.32 Å². The van der Waals surface area contributed by atoms with Crippen LogP contribution in [0.4, 0.5) is 9.59 Å². The van der Waals surface area contributed by atoms with Gasteiger partial charge in [-0.2, -0.15) is 0 Å². The third-order valence-electron chi connectivity index (χ3n) is 27.3. The molecule has 13 nitrogen and oxygen atoms in total. The molecule has 5 saturated heterocycles. The fourth-order valence-electron chi connectivity index (χ4n) is 22.2. The first-order valence-electron chi connectivity index (χ1n) is 37.6. The van der Waals surface area contributed by atoms with Crippen LogP contribution in [0.2, 0.25) is 0 Å². The van der Waals surface area contributed by atoms with Gasteiger partial charge in [0.15, 0.2) is 0 Å². The summed E-state index contributed by atoms with van der Waals surface area (Å²) in [4.78, 5) is 63.6. The van der Waals surface area contributed by atoms with Gasteiger partial charge >= 0.3 is 12.2 Å². The lowest BCUT2D eigenvalue weighted by molar-refractivity contribution is -0.135. The molecule has 11 fully saturated rings. The van der Waals surface area contributed by atoms with E-state index >= 15 is 0 Å². The van der Waals surface area contributed by atoms with Crippen molar-refractivity contribution in [2.45, 2.75) is 247 Å². The number of piperidine rings is 5. The monoisotopic (exact) mass is 1260 g/mol. The average molecular weight is 1260 g/mol. The Morgan fingerprint density at radius 3 is 1.90 bits per heavy atom. The molecule has 1 N–H and O–H groups in total. The van der Waals surface area contributed by atoms with Crippen LogP contribution in [0.25, 0.3) is 0 Å². The molecule has 3 aromatic rings. The number of ether oxygens (including phenoxy) is 2. The standard InChI is InChI=1S/C28H38N2O2.C27H40N2O.C24H35N3O3.H2/c31-26(32-23-6-2-3-7-23)30-25-10-9-21-19-22(12-14-28(21,25)30)29-17-15-27(16-18-29)13-11-20-5-1-4-8-24(20)27;1-19(2)26(30)28(3)25-17-27(24-7-5-4-6-23(24)25)12-14-29(15-13-27)18-22-16-20-8-10-21(22)11-9-20;1-3-30-23(29)27-12-8-19(9-13-27)17-26-14-10-24(11-15-26)16-22(25-18(2)28)20-6-4-5-7-21(20)24;/h1,4-5,8,21-23,25H,2-3,6-7,9-19H2;4-7,19-22,25H,8-18H2,1-3H3;4-7,19,22H,3,8-17H2,1-2H3,(H,25,28);1H/t;20?,21?,22-,25+;22-;/m.10./s1. The minimum Gasteiger partial charge on any atom is -0.450 e. The van der Waals surface area contributed by atoms with E-state index < -0.39 is 0 Å². The highest BCUT2D eigenvalue weighted by Gasteiger charge is 2.73. The quantitative estimate of drug-likeness (QED) is 0.198. The number of fused-ring (bicyclic) bond motifs is 9. The van der Waals surface area contributed by atoms with E-state index in [0.29, 0.717) is 29.9 Å². The van der Waals surface area contributed by atoms with E-state index in [4.69, 9.17) is 9.47 Å². The van der Waals surface area contributed by atoms with Gasteiger partial charge in [0, 0.05) is 64.4 Å². The Balaban J connectivity index is 0.000000126. The van der Waals surface area contributed by atoms with Crippen LogP contribution in [-0.2, 0) is 41.7 Å². The van der Waals surface area contributed by atoms with E-state index in [0.717, 1.165) is 108 Å². The Hall–Kier alpha value is -4.98. The maximum atomic E-state index is 12.9. The van der Waals surface area contributed by atoms with Crippen LogP contribution in [0.3, 0.4) is 0 Å². The molecule has 6 saturated carbocycles. The minimum absolute atomic E-state index is 0. The van der Waals surface area contributed by atoms with Gasteiger partial charge in [0.05, 0.1) is 30.3 Å². The zero-order valence-electron chi connectivity index (χ0n) is 57.1. The summed E-state index contributed by atoms with van der Waals surface area (Å²) in [5.41, 5.74) is 10.1. The summed E-state index contributed by atoms with van der Waals surface area (Å²) in [7, 11) is 2.02. The molecule has 92 heavy (non-hydrogen) atoms. The Morgan fingerprint density at radius 2 is 1.25 bits per heavy atom. The molecule has 7 atom stereocenters. The van der Waals surface area contributed by atoms with Crippen LogP contribution in [0, 0.1) is 35.5 Å². The maximum Gasteiger partial charge on any atom is 0.410 e. The second kappa shape index (κ2) is 26.9. The third-order valence-corrected chi connectivity index (χ3v) is 27.3. The van der Waals surface area contributed by atoms with Crippen molar-refractivity contribution in [1.29, 1.82) is 0 Å². The summed E-state index contributed by atoms with van der Waals surface area (Å²) < 4.78 is 11.0. The molecule has 4 unspecified atom stereocenters. The molecule has 4 amide bonds. The molecule has 17 rings (SSSR count). The Morgan fingerprint density at radius 1 is 0.630 bits per heavy atom. The number of benzene rings is 3. The number of hydrogen-bond donors (Lipinski definition) is 1. The zero-order valence-corrected chi connectivity index (χ0v) is 57.1. The zero-order chi connectivity index (χ0) is 63.4. The number of carbonyl (C=O) groups is 4. The number of rotatable bonds is 10. The van der Waals surface area contributed by atoms with E-state index in [2.05, 4.69) is 97.7 Å². The van der Waals surface area contributed by atoms with Gasteiger partial charge in [-0.05, 0) is 269 Å². The lowest BCUT2D eigenvalue weighted by Gasteiger charge is -2.47. The predicted molar refractivity (Wildman–Crippen MR) is 365 cm³/mol. The summed E-state index contributed by atoms with van der Waals surface area (Å²) in [6.45, 7) is 19.3. The molecule has 13 heteroatoms. The van der Waals surface area contributed by atoms with Gasteiger partial charge in [-0.25, -0.2) is 9.59 Å². The van der Waals surface area contributed by atoms with Crippen molar-refractivity contribution in [2.75, 3.05) is 79.1 Å². The van der Waals surface area contributed by atoms with E-state index in [1.807, 2.05) is 37.6 Å². The first-order valence-corrected chi connectivity index (χ1v) is 37.6. The van der Waals surface area contributed by atoms with E-state index in [9.17, 15) is 19.2 Å². The molecule has 9 aliphatic carbocycles. The summed E-state index contributed by atoms with van der Waals surface area (Å²) >= 11 is 0. The lowest BCUT2D eigenvalue weighted by atomic mass is 9.64. The molecule has 0 radical (unpaired) electrons. The van der Waals surface area contributed by atoms with Crippen molar-refractivity contribution < 1.29 is 30.1 Å². The Labute approximate surface area is 553 Å². The molecule has 4 spiro atoms. The van der Waals surface area contributed by atoms with Gasteiger partial charge in [-0.3, -0.25) is 14.5 Å². The normalized spacial score (nSPS) is 31.6. The highest BCUT2D eigenvalue weighted by Crippen LogP contribution is 2.64. The van der Waals surface area contributed by atoms with Crippen molar-refractivity contribution in [3.8, 4) is 0 Å². The summed E-state index contributed by atoms with van der Waals surface area (Å²) in [6, 6.07) is 28.5. The predicted octanol–water partition coefficient (Wildman–Crippen LogP) is 14.6. The Bertz CT molecular complexity index is 3090. The number of likely N-dealkylation sites (tertiary alicyclic amines) is 5. The molecule has 3 aromatic carbocycles. The number of amides is 4. The van der Waals surface area contributed by atoms with Crippen LogP contribution >= 0.6 is 0 Å². The fourth-order valence-corrected chi connectivity index (χ4v) is 22.2. The van der Waals surface area contributed by atoms with Crippen LogP contribution in [0.1, 0.15) is 235 Å². The van der Waals surface area contributed by atoms with E-state index in [1.54, 1.807) is 18.1 Å². The number of aryl methyl sites for hydroxylation is 1. The molecule has 2 bridgehead atoms. The second-order valence-electron chi connectivity index (χ2n) is 32.4. The largest absolute Gasteiger partial charge is 0.450 e. The molecule has 5 aliphatic heterocycles. The highest BCUT2D eigenvalue weighted by molar-refractivity contribution is 5.79. The Kier molecular flexibility index (Phi) is 18.8. The van der Waals surface area contributed by atoms with Crippen molar-refractivity contribution in [2.24, 2.45) is 35.5 Å². The highest BCUT2D eigenvalue weighted by atomic mass is 16.6. The van der Waals surface area contributed by atoms with Crippen molar-refractivity contribution >= 4 is 24.0 Å². The third kappa shape index (κ3) is 12.5. The molecule has 502 valence electrons. The first-order chi connectivity index (χ1) is 44.7. The molecular formula is C79H115N7O6. The van der Waals surface area contributed by atoms with Gasteiger partial charge in [-0.1, -0.05) is 99.5 Å². The minimum atomic E-state index is -0.163. The lowest BCUT2D eigenvalue weighted by Crippen LogP contribution is -2.50. The second-order valence-corrected chi connectivity index (χ2v) is 32.4. The number of nitrogens with one attached hydrogen (secondary N) is 1. The average Bonchev–Trinajstić information content (AvgIpc) is 1.51. The summed E-state index contributed by atoms with van der Waals surface area (Å²) in [5, 5.41) is 3.17. The van der Waals surface area contributed by atoms with Crippen LogP contribution in [0.5, 0.6) is 0 Å².